The second-order valence-electron chi connectivity index (χ2n) is 5.21. The molecule has 0 amide bonds. The number of aromatic nitrogens is 2. The van der Waals surface area contributed by atoms with Gasteiger partial charge in [0.05, 0.1) is 13.2 Å². The maximum absolute atomic E-state index is 5.54. The Labute approximate surface area is 127 Å². The van der Waals surface area contributed by atoms with Gasteiger partial charge < -0.3 is 14.6 Å². The molecule has 1 aromatic carbocycles. The first-order valence-corrected chi connectivity index (χ1v) is 7.57. The Bertz CT molecular complexity index is 577. The molecule has 1 atom stereocenters. The molecular formula is C17H25N3O. The second-order valence-corrected chi connectivity index (χ2v) is 5.21. The molecule has 0 fully saturated rings. The van der Waals surface area contributed by atoms with E-state index < -0.39 is 0 Å². The molecule has 114 valence electrons. The van der Waals surface area contributed by atoms with Crippen LogP contribution in [0, 0.1) is 6.92 Å². The van der Waals surface area contributed by atoms with Gasteiger partial charge in [-0.05, 0) is 19.5 Å². The first kappa shape index (κ1) is 15.6. The van der Waals surface area contributed by atoms with E-state index in [0.717, 1.165) is 31.1 Å². The normalized spacial score (nSPS) is 12.4. The second kappa shape index (κ2) is 7.27. The minimum Gasteiger partial charge on any atom is -0.496 e. The van der Waals surface area contributed by atoms with Crippen LogP contribution in [0.25, 0.3) is 0 Å². The maximum Gasteiger partial charge on any atom is 0.123 e. The number of nitrogens with zero attached hydrogens (tertiary/aromatic N) is 2. The van der Waals surface area contributed by atoms with E-state index in [4.69, 9.17) is 4.74 Å². The third-order valence-corrected chi connectivity index (χ3v) is 3.71. The monoisotopic (exact) mass is 287 g/mol. The van der Waals surface area contributed by atoms with Crippen LogP contribution in [0.5, 0.6) is 5.75 Å². The van der Waals surface area contributed by atoms with Crippen molar-refractivity contribution in [1.82, 2.24) is 14.9 Å². The summed E-state index contributed by atoms with van der Waals surface area (Å²) in [6.07, 6.45) is 4.86. The fourth-order valence-corrected chi connectivity index (χ4v) is 2.66. The van der Waals surface area contributed by atoms with Crippen LogP contribution in [-0.4, -0.2) is 23.2 Å². The number of hydrogen-bond acceptors (Lipinski definition) is 3. The number of methoxy groups -OCH3 is 1. The highest BCUT2D eigenvalue weighted by molar-refractivity contribution is 5.39. The predicted octanol–water partition coefficient (Wildman–Crippen LogP) is 3.11. The topological polar surface area (TPSA) is 39.1 Å². The molecule has 0 spiro atoms. The summed E-state index contributed by atoms with van der Waals surface area (Å²) in [6.45, 7) is 8.15. The lowest BCUT2D eigenvalue weighted by molar-refractivity contribution is 0.389. The molecule has 0 aliphatic heterocycles. The van der Waals surface area contributed by atoms with E-state index in [1.54, 1.807) is 7.11 Å². The lowest BCUT2D eigenvalue weighted by atomic mass is 10.0. The lowest BCUT2D eigenvalue weighted by Gasteiger charge is -2.22. The number of nitrogens with one attached hydrogen (secondary N) is 1. The Morgan fingerprint density at radius 2 is 2.14 bits per heavy atom. The average Bonchev–Trinajstić information content (AvgIpc) is 2.94. The van der Waals surface area contributed by atoms with Crippen molar-refractivity contribution in [1.29, 1.82) is 0 Å². The highest BCUT2D eigenvalue weighted by Gasteiger charge is 2.17. The molecule has 21 heavy (non-hydrogen) atoms. The van der Waals surface area contributed by atoms with E-state index in [2.05, 4.69) is 47.8 Å². The molecule has 0 saturated heterocycles. The first-order chi connectivity index (χ1) is 10.2. The Hall–Kier alpha value is -1.81. The fourth-order valence-electron chi connectivity index (χ4n) is 2.66. The fraction of sp³-hybridized carbons (Fsp3) is 0.471. The van der Waals surface area contributed by atoms with Crippen molar-refractivity contribution in [3.05, 3.63) is 47.5 Å². The van der Waals surface area contributed by atoms with Crippen molar-refractivity contribution in [3.8, 4) is 5.75 Å². The standard InChI is InChI=1S/C17H25N3O/c1-5-17-19-9-10-20(17)12-15(18-6-2)14-11-13(3)7-8-16(14)21-4/h7-11,15,18H,5-6,12H2,1-4H3. The lowest BCUT2D eigenvalue weighted by Crippen LogP contribution is -2.26. The molecule has 0 aliphatic rings. The molecule has 1 heterocycles. The zero-order valence-corrected chi connectivity index (χ0v) is 13.4. The number of imidazole rings is 1. The molecule has 2 aromatic rings. The van der Waals surface area contributed by atoms with E-state index >= 15 is 0 Å². The van der Waals surface area contributed by atoms with E-state index in [1.165, 1.54) is 11.1 Å². The first-order valence-electron chi connectivity index (χ1n) is 7.57. The summed E-state index contributed by atoms with van der Waals surface area (Å²) in [5.74, 6) is 2.05. The smallest absolute Gasteiger partial charge is 0.123 e. The van der Waals surface area contributed by atoms with Gasteiger partial charge in [0, 0.05) is 30.9 Å². The molecular weight excluding hydrogens is 262 g/mol. The van der Waals surface area contributed by atoms with Crippen LogP contribution in [0.3, 0.4) is 0 Å². The molecule has 0 bridgehead atoms. The van der Waals surface area contributed by atoms with Gasteiger partial charge in [-0.3, -0.25) is 0 Å². The Morgan fingerprint density at radius 3 is 2.81 bits per heavy atom. The number of ether oxygens (including phenoxy) is 1. The SMILES string of the molecule is CCNC(Cn1ccnc1CC)c1cc(C)ccc1OC. The summed E-state index contributed by atoms with van der Waals surface area (Å²) in [6, 6.07) is 6.54. The molecule has 2 rings (SSSR count). The molecule has 1 unspecified atom stereocenters. The van der Waals surface area contributed by atoms with Crippen molar-refractivity contribution >= 4 is 0 Å². The van der Waals surface area contributed by atoms with Crippen LogP contribution in [0.1, 0.15) is 36.8 Å². The van der Waals surface area contributed by atoms with Crippen LogP contribution < -0.4 is 10.1 Å². The molecule has 0 aliphatic carbocycles. The van der Waals surface area contributed by atoms with Gasteiger partial charge in [-0.15, -0.1) is 0 Å². The van der Waals surface area contributed by atoms with Gasteiger partial charge in [-0.2, -0.15) is 0 Å². The van der Waals surface area contributed by atoms with Crippen molar-refractivity contribution in [2.45, 2.75) is 39.8 Å². The molecule has 4 heteroatoms. The van der Waals surface area contributed by atoms with Crippen LogP contribution in [0.4, 0.5) is 0 Å². The van der Waals surface area contributed by atoms with E-state index in [-0.39, 0.29) is 6.04 Å². The van der Waals surface area contributed by atoms with Crippen LogP contribution in [0.15, 0.2) is 30.6 Å². The minimum absolute atomic E-state index is 0.212. The van der Waals surface area contributed by atoms with E-state index in [9.17, 15) is 0 Å². The summed E-state index contributed by atoms with van der Waals surface area (Å²) >= 11 is 0. The highest BCUT2D eigenvalue weighted by atomic mass is 16.5. The highest BCUT2D eigenvalue weighted by Crippen LogP contribution is 2.27. The van der Waals surface area contributed by atoms with E-state index in [0.29, 0.717) is 0 Å². The van der Waals surface area contributed by atoms with Gasteiger partial charge in [0.2, 0.25) is 0 Å². The maximum atomic E-state index is 5.54. The molecule has 4 nitrogen and oxygen atoms in total. The minimum atomic E-state index is 0.212. The number of likely N-dealkylation sites (N-methyl/N-ethyl adjacent to an activating group) is 1. The van der Waals surface area contributed by atoms with Gasteiger partial charge in [0.15, 0.2) is 0 Å². The van der Waals surface area contributed by atoms with Gasteiger partial charge >= 0.3 is 0 Å². The van der Waals surface area contributed by atoms with Crippen LogP contribution >= 0.6 is 0 Å². The van der Waals surface area contributed by atoms with Crippen LogP contribution in [-0.2, 0) is 13.0 Å². The third-order valence-electron chi connectivity index (χ3n) is 3.71. The number of hydrogen-bond donors (Lipinski definition) is 1. The van der Waals surface area contributed by atoms with Crippen molar-refractivity contribution in [2.24, 2.45) is 0 Å². The quantitative estimate of drug-likeness (QED) is 0.850. The Kier molecular flexibility index (Phi) is 5.39. The van der Waals surface area contributed by atoms with Crippen molar-refractivity contribution in [2.75, 3.05) is 13.7 Å². The summed E-state index contributed by atoms with van der Waals surface area (Å²) in [4.78, 5) is 4.41. The third kappa shape index (κ3) is 3.64. The number of rotatable bonds is 7. The van der Waals surface area contributed by atoms with Crippen molar-refractivity contribution < 1.29 is 4.74 Å². The summed E-state index contributed by atoms with van der Waals surface area (Å²) < 4.78 is 7.76. The Balaban J connectivity index is 2.32. The number of benzene rings is 1. The Morgan fingerprint density at radius 1 is 1.33 bits per heavy atom. The summed E-state index contributed by atoms with van der Waals surface area (Å²) in [7, 11) is 1.73. The zero-order valence-electron chi connectivity index (χ0n) is 13.4. The summed E-state index contributed by atoms with van der Waals surface area (Å²) in [5.41, 5.74) is 2.45. The van der Waals surface area contributed by atoms with Gasteiger partial charge in [0.1, 0.15) is 11.6 Å². The molecule has 1 N–H and O–H groups in total. The van der Waals surface area contributed by atoms with Gasteiger partial charge in [-0.25, -0.2) is 4.98 Å². The number of aryl methyl sites for hydroxylation is 2. The predicted molar refractivity (Wildman–Crippen MR) is 85.8 cm³/mol. The van der Waals surface area contributed by atoms with Crippen LogP contribution in [0.2, 0.25) is 0 Å². The van der Waals surface area contributed by atoms with Crippen molar-refractivity contribution in [3.63, 3.8) is 0 Å². The molecule has 0 saturated carbocycles. The zero-order chi connectivity index (χ0) is 15.2. The van der Waals surface area contributed by atoms with Gasteiger partial charge in [0.25, 0.3) is 0 Å². The average molecular weight is 287 g/mol. The molecule has 1 aromatic heterocycles. The summed E-state index contributed by atoms with van der Waals surface area (Å²) in [5, 5.41) is 3.56. The molecule has 0 radical (unpaired) electrons. The largest absolute Gasteiger partial charge is 0.496 e. The van der Waals surface area contributed by atoms with Gasteiger partial charge in [-0.1, -0.05) is 31.5 Å². The van der Waals surface area contributed by atoms with E-state index in [1.807, 2.05) is 18.5 Å².